The predicted molar refractivity (Wildman–Crippen MR) is 70.9 cm³/mol. The highest BCUT2D eigenvalue weighted by atomic mass is 32.2. The van der Waals surface area contributed by atoms with Gasteiger partial charge in [0.25, 0.3) is 0 Å². The number of hydrogen-bond acceptors (Lipinski definition) is 2. The van der Waals surface area contributed by atoms with Crippen molar-refractivity contribution in [1.82, 2.24) is 4.90 Å². The third-order valence-electron chi connectivity index (χ3n) is 3.46. The number of hydrogen-bond donors (Lipinski definition) is 0. The molecule has 3 heteroatoms. The fraction of sp³-hybridized carbons (Fsp3) is 0.750. The molecule has 0 amide bonds. The van der Waals surface area contributed by atoms with Crippen molar-refractivity contribution >= 4 is 28.3 Å². The predicted octanol–water partition coefficient (Wildman–Crippen LogP) is 2.76. The summed E-state index contributed by atoms with van der Waals surface area (Å²) in [5, 5.41) is 0. The van der Waals surface area contributed by atoms with Crippen LogP contribution in [0.2, 0.25) is 0 Å². The third-order valence-corrected chi connectivity index (χ3v) is 4.89. The molecule has 82 valence electrons. The van der Waals surface area contributed by atoms with E-state index < -0.39 is 0 Å². The van der Waals surface area contributed by atoms with Gasteiger partial charge in [0, 0.05) is 13.1 Å². The first-order valence-electron chi connectivity index (χ1n) is 5.64. The van der Waals surface area contributed by atoms with Crippen LogP contribution in [0.15, 0.2) is 0 Å². The first-order valence-corrected chi connectivity index (χ1v) is 7.04. The second kappa shape index (κ2) is 5.23. The fourth-order valence-electron chi connectivity index (χ4n) is 2.64. The zero-order valence-electron chi connectivity index (χ0n) is 8.95. The molecule has 2 aliphatic heterocycles. The van der Waals surface area contributed by atoms with Crippen molar-refractivity contribution in [2.75, 3.05) is 18.8 Å². The van der Waals surface area contributed by atoms with Crippen LogP contribution in [0, 0.1) is 24.2 Å². The SMILES string of the molecule is C#CCSC(=S)N1CC2CCC(CC2)C1. The molecule has 3 fully saturated rings. The van der Waals surface area contributed by atoms with Gasteiger partial charge in [0.2, 0.25) is 0 Å². The van der Waals surface area contributed by atoms with Gasteiger partial charge in [-0.1, -0.05) is 29.9 Å². The minimum absolute atomic E-state index is 0.713. The lowest BCUT2D eigenvalue weighted by molar-refractivity contribution is 0.326. The lowest BCUT2D eigenvalue weighted by Crippen LogP contribution is -2.31. The molecule has 2 saturated heterocycles. The summed E-state index contributed by atoms with van der Waals surface area (Å²) in [7, 11) is 0. The van der Waals surface area contributed by atoms with Crippen LogP contribution in [0.25, 0.3) is 0 Å². The summed E-state index contributed by atoms with van der Waals surface area (Å²) < 4.78 is 1.02. The van der Waals surface area contributed by atoms with E-state index in [1.807, 2.05) is 0 Å². The minimum atomic E-state index is 0.713. The van der Waals surface area contributed by atoms with Crippen LogP contribution in [-0.4, -0.2) is 28.1 Å². The molecule has 15 heavy (non-hydrogen) atoms. The first-order chi connectivity index (χ1) is 7.29. The Kier molecular flexibility index (Phi) is 3.93. The molecule has 0 N–H and O–H groups in total. The van der Waals surface area contributed by atoms with Crippen LogP contribution in [0.1, 0.15) is 25.7 Å². The van der Waals surface area contributed by atoms with Gasteiger partial charge in [0.15, 0.2) is 0 Å². The molecule has 0 radical (unpaired) electrons. The van der Waals surface area contributed by atoms with Crippen molar-refractivity contribution in [2.45, 2.75) is 25.7 Å². The van der Waals surface area contributed by atoms with Crippen LogP contribution >= 0.6 is 24.0 Å². The topological polar surface area (TPSA) is 3.24 Å². The average Bonchev–Trinajstić information content (AvgIpc) is 2.58. The molecule has 2 bridgehead atoms. The van der Waals surface area contributed by atoms with Crippen molar-refractivity contribution < 1.29 is 0 Å². The van der Waals surface area contributed by atoms with Gasteiger partial charge < -0.3 is 4.90 Å². The fourth-order valence-corrected chi connectivity index (χ4v) is 3.50. The molecule has 1 aliphatic carbocycles. The smallest absolute Gasteiger partial charge is 0.137 e. The standard InChI is InChI=1S/C12H17NS2/c1-2-7-15-12(14)13-8-10-3-4-11(9-13)6-5-10/h1,10-11H,3-9H2. The van der Waals surface area contributed by atoms with Gasteiger partial charge in [0.05, 0.1) is 5.75 Å². The van der Waals surface area contributed by atoms with E-state index in [0.29, 0.717) is 5.75 Å². The first kappa shape index (κ1) is 11.3. The van der Waals surface area contributed by atoms with E-state index in [4.69, 9.17) is 18.6 Å². The van der Waals surface area contributed by atoms with Crippen molar-refractivity contribution in [3.05, 3.63) is 0 Å². The Hall–Kier alpha value is -0.200. The summed E-state index contributed by atoms with van der Waals surface area (Å²) in [6.07, 6.45) is 10.9. The summed E-state index contributed by atoms with van der Waals surface area (Å²) in [5.74, 6) is 5.12. The Morgan fingerprint density at radius 3 is 2.27 bits per heavy atom. The third kappa shape index (κ3) is 2.89. The van der Waals surface area contributed by atoms with E-state index in [9.17, 15) is 0 Å². The molecular formula is C12H17NS2. The number of fused-ring (bicyclic) bond motifs is 4. The van der Waals surface area contributed by atoms with E-state index in [1.54, 1.807) is 11.8 Å². The monoisotopic (exact) mass is 239 g/mol. The molecule has 0 spiro atoms. The van der Waals surface area contributed by atoms with Gasteiger partial charge in [-0.15, -0.1) is 6.42 Å². The Morgan fingerprint density at radius 1 is 1.27 bits per heavy atom. The maximum Gasteiger partial charge on any atom is 0.137 e. The average molecular weight is 239 g/mol. The summed E-state index contributed by atoms with van der Waals surface area (Å²) in [5.41, 5.74) is 0. The van der Waals surface area contributed by atoms with Crippen molar-refractivity contribution in [3.8, 4) is 12.3 Å². The van der Waals surface area contributed by atoms with Gasteiger partial charge in [-0.05, 0) is 37.5 Å². The maximum atomic E-state index is 5.43. The Labute approximate surface area is 102 Å². The molecular weight excluding hydrogens is 222 g/mol. The van der Waals surface area contributed by atoms with Crippen molar-refractivity contribution in [2.24, 2.45) is 11.8 Å². The minimum Gasteiger partial charge on any atom is -0.357 e. The van der Waals surface area contributed by atoms with E-state index in [-0.39, 0.29) is 0 Å². The molecule has 0 aromatic carbocycles. The van der Waals surface area contributed by atoms with E-state index in [2.05, 4.69) is 10.8 Å². The Morgan fingerprint density at radius 2 is 1.80 bits per heavy atom. The van der Waals surface area contributed by atoms with E-state index in [0.717, 1.165) is 16.2 Å². The lowest BCUT2D eigenvalue weighted by atomic mass is 9.84. The second-order valence-corrected chi connectivity index (χ2v) is 6.16. The number of terminal acetylenes is 1. The van der Waals surface area contributed by atoms with Crippen molar-refractivity contribution in [1.29, 1.82) is 0 Å². The summed E-state index contributed by atoms with van der Waals surface area (Å²) in [6.45, 7) is 2.35. The van der Waals surface area contributed by atoms with Gasteiger partial charge in [-0.25, -0.2) is 0 Å². The summed E-state index contributed by atoms with van der Waals surface area (Å²) >= 11 is 7.07. The van der Waals surface area contributed by atoms with Crippen LogP contribution in [0.4, 0.5) is 0 Å². The number of nitrogens with zero attached hydrogens (tertiary/aromatic N) is 1. The molecule has 3 rings (SSSR count). The molecule has 0 unspecified atom stereocenters. The highest BCUT2D eigenvalue weighted by Crippen LogP contribution is 2.34. The van der Waals surface area contributed by atoms with Crippen molar-refractivity contribution in [3.63, 3.8) is 0 Å². The highest BCUT2D eigenvalue weighted by molar-refractivity contribution is 8.23. The number of rotatable bonds is 1. The van der Waals surface area contributed by atoms with Gasteiger partial charge in [-0.3, -0.25) is 0 Å². The molecule has 0 atom stereocenters. The molecule has 1 nitrogen and oxygen atoms in total. The molecule has 1 saturated carbocycles. The molecule has 3 aliphatic rings. The Bertz CT molecular complexity index is 260. The highest BCUT2D eigenvalue weighted by Gasteiger charge is 2.30. The van der Waals surface area contributed by atoms with Crippen LogP contribution in [-0.2, 0) is 0 Å². The van der Waals surface area contributed by atoms with Gasteiger partial charge in [0.1, 0.15) is 4.32 Å². The second-order valence-electron chi connectivity index (χ2n) is 4.55. The molecule has 0 aromatic rings. The number of thiocarbonyl (C=S) groups is 1. The van der Waals surface area contributed by atoms with Crippen LogP contribution < -0.4 is 0 Å². The van der Waals surface area contributed by atoms with E-state index in [1.165, 1.54) is 38.8 Å². The largest absolute Gasteiger partial charge is 0.357 e. The molecule has 0 aromatic heterocycles. The zero-order valence-corrected chi connectivity index (χ0v) is 10.6. The maximum absolute atomic E-state index is 5.43. The summed E-state index contributed by atoms with van der Waals surface area (Å²) in [4.78, 5) is 2.40. The van der Waals surface area contributed by atoms with Gasteiger partial charge in [-0.2, -0.15) is 0 Å². The van der Waals surface area contributed by atoms with Crippen LogP contribution in [0.5, 0.6) is 0 Å². The normalized spacial score (nSPS) is 29.7. The Balaban J connectivity index is 1.92. The molecule has 2 heterocycles. The van der Waals surface area contributed by atoms with E-state index >= 15 is 0 Å². The summed E-state index contributed by atoms with van der Waals surface area (Å²) in [6, 6.07) is 0. The quantitative estimate of drug-likeness (QED) is 0.512. The lowest BCUT2D eigenvalue weighted by Gasteiger charge is -2.24. The number of thioether (sulfide) groups is 1. The van der Waals surface area contributed by atoms with Gasteiger partial charge >= 0.3 is 0 Å². The zero-order chi connectivity index (χ0) is 10.7. The van der Waals surface area contributed by atoms with Crippen LogP contribution in [0.3, 0.4) is 0 Å².